The highest BCUT2D eigenvalue weighted by atomic mass is 16.7. The highest BCUT2D eigenvalue weighted by Crippen LogP contribution is 2.35. The van der Waals surface area contributed by atoms with Gasteiger partial charge in [0.25, 0.3) is 0 Å². The van der Waals surface area contributed by atoms with E-state index in [1.165, 1.54) is 19.1 Å². The molecule has 0 unspecified atom stereocenters. The summed E-state index contributed by atoms with van der Waals surface area (Å²) < 4.78 is 48.4. The number of fused-ring (bicyclic) bond motifs is 1. The number of carbonyl (C=O) groups excluding carboxylic acids is 4. The number of ether oxygens (including phenoxy) is 7. The summed E-state index contributed by atoms with van der Waals surface area (Å²) in [5, 5.41) is 0.0564. The van der Waals surface area contributed by atoms with Crippen LogP contribution in [0.3, 0.4) is 0 Å². The average Bonchev–Trinajstić information content (AvgIpc) is 3.31. The highest BCUT2D eigenvalue weighted by Gasteiger charge is 2.52. The summed E-state index contributed by atoms with van der Waals surface area (Å²) in [5.41, 5.74) is 1.67. The van der Waals surface area contributed by atoms with Crippen LogP contribution in [0.4, 0.5) is 0 Å². The first-order valence-corrected chi connectivity index (χ1v) is 20.3. The van der Waals surface area contributed by atoms with E-state index in [-0.39, 0.29) is 51.5 Å². The number of hydrogen-bond donors (Lipinski definition) is 0. The molecule has 0 radical (unpaired) electrons. The zero-order chi connectivity index (χ0) is 44.6. The summed E-state index contributed by atoms with van der Waals surface area (Å²) in [6.45, 7) is 3.06. The lowest BCUT2D eigenvalue weighted by molar-refractivity contribution is -0.266. The minimum Gasteiger partial charge on any atom is -0.489 e. The van der Waals surface area contributed by atoms with Crippen molar-refractivity contribution in [2.45, 2.75) is 51.2 Å². The molecule has 1 aliphatic heterocycles. The van der Waals surface area contributed by atoms with E-state index in [0.29, 0.717) is 11.3 Å². The van der Waals surface area contributed by atoms with Gasteiger partial charge >= 0.3 is 23.9 Å². The van der Waals surface area contributed by atoms with Crippen LogP contribution in [0.1, 0.15) is 50.5 Å². The molecule has 1 saturated heterocycles. The van der Waals surface area contributed by atoms with E-state index in [1.54, 1.807) is 128 Å². The van der Waals surface area contributed by atoms with Gasteiger partial charge in [0.15, 0.2) is 17.6 Å². The highest BCUT2D eigenvalue weighted by molar-refractivity contribution is 5.92. The normalized spacial score (nSPS) is 18.0. The Labute approximate surface area is 366 Å². The first-order valence-electron chi connectivity index (χ1n) is 20.3. The SMILES string of the molecule is CC(=O)Oc1cc(OCc2ccccc2)cc2oc(-c3ccc(O[C@H]4O[C@H](C)[C@@H](OC(=O)c5ccccc5)[C@H](OC(=O)c5ccccc5)[C@@H]4OC(=O)c4ccccc4)cc3)cc(=O)c12. The lowest BCUT2D eigenvalue weighted by Crippen LogP contribution is -2.62. The van der Waals surface area contributed by atoms with Crippen LogP contribution in [0, 0.1) is 0 Å². The predicted molar refractivity (Wildman–Crippen MR) is 232 cm³/mol. The molecule has 322 valence electrons. The number of rotatable bonds is 13. The summed E-state index contributed by atoms with van der Waals surface area (Å²) in [6.07, 6.45) is -6.53. The maximum absolute atomic E-state index is 13.7. The van der Waals surface area contributed by atoms with Crippen LogP contribution in [0.2, 0.25) is 0 Å². The van der Waals surface area contributed by atoms with Gasteiger partial charge in [0.2, 0.25) is 12.4 Å². The van der Waals surface area contributed by atoms with E-state index in [0.717, 1.165) is 5.56 Å². The topological polar surface area (TPSA) is 163 Å². The molecule has 5 atom stereocenters. The van der Waals surface area contributed by atoms with Crippen molar-refractivity contribution in [1.82, 2.24) is 0 Å². The maximum atomic E-state index is 13.7. The summed E-state index contributed by atoms with van der Waals surface area (Å²) in [4.78, 5) is 66.5. The predicted octanol–water partition coefficient (Wildman–Crippen LogP) is 8.76. The van der Waals surface area contributed by atoms with E-state index >= 15 is 0 Å². The van der Waals surface area contributed by atoms with Gasteiger partial charge in [0, 0.05) is 30.7 Å². The molecule has 1 aromatic heterocycles. The molecule has 0 N–H and O–H groups in total. The maximum Gasteiger partial charge on any atom is 0.338 e. The number of hydrogen-bond acceptors (Lipinski definition) is 13. The molecule has 64 heavy (non-hydrogen) atoms. The van der Waals surface area contributed by atoms with Crippen molar-refractivity contribution in [3.63, 3.8) is 0 Å². The van der Waals surface area contributed by atoms with Crippen molar-refractivity contribution in [3.8, 4) is 28.6 Å². The molecular weight excluding hydrogens is 821 g/mol. The average molecular weight is 861 g/mol. The third kappa shape index (κ3) is 10.0. The molecule has 0 saturated carbocycles. The van der Waals surface area contributed by atoms with Gasteiger partial charge in [-0.2, -0.15) is 0 Å². The molecule has 6 aromatic carbocycles. The zero-order valence-corrected chi connectivity index (χ0v) is 34.5. The Morgan fingerprint density at radius 2 is 1.09 bits per heavy atom. The van der Waals surface area contributed by atoms with Crippen molar-refractivity contribution in [2.75, 3.05) is 0 Å². The van der Waals surface area contributed by atoms with Gasteiger partial charge in [-0.1, -0.05) is 84.9 Å². The van der Waals surface area contributed by atoms with E-state index in [4.69, 9.17) is 37.6 Å². The quantitative estimate of drug-likeness (QED) is 0.0615. The van der Waals surface area contributed by atoms with Crippen LogP contribution in [0.15, 0.2) is 173 Å². The Kier molecular flexibility index (Phi) is 12.9. The van der Waals surface area contributed by atoms with Gasteiger partial charge in [-0.25, -0.2) is 14.4 Å². The van der Waals surface area contributed by atoms with Crippen molar-refractivity contribution in [1.29, 1.82) is 0 Å². The van der Waals surface area contributed by atoms with E-state index < -0.39 is 60.0 Å². The van der Waals surface area contributed by atoms with Gasteiger partial charge in [-0.15, -0.1) is 0 Å². The molecule has 13 heteroatoms. The van der Waals surface area contributed by atoms with Gasteiger partial charge in [0.1, 0.15) is 40.6 Å². The van der Waals surface area contributed by atoms with Crippen molar-refractivity contribution < 1.29 is 56.8 Å². The van der Waals surface area contributed by atoms with Crippen molar-refractivity contribution >= 4 is 34.8 Å². The largest absolute Gasteiger partial charge is 0.489 e. The monoisotopic (exact) mass is 860 g/mol. The summed E-state index contributed by atoms with van der Waals surface area (Å²) >= 11 is 0. The second kappa shape index (κ2) is 19.3. The fraction of sp³-hybridized carbons (Fsp3) is 0.157. The van der Waals surface area contributed by atoms with E-state index in [2.05, 4.69) is 0 Å². The molecule has 2 heterocycles. The zero-order valence-electron chi connectivity index (χ0n) is 34.5. The lowest BCUT2D eigenvalue weighted by atomic mass is 9.98. The van der Waals surface area contributed by atoms with Crippen LogP contribution in [0.5, 0.6) is 17.2 Å². The van der Waals surface area contributed by atoms with E-state index in [9.17, 15) is 24.0 Å². The van der Waals surface area contributed by atoms with Gasteiger partial charge < -0.3 is 37.6 Å². The fourth-order valence-corrected chi connectivity index (χ4v) is 7.05. The summed E-state index contributed by atoms with van der Waals surface area (Å²) in [5.74, 6) is -2.17. The Balaban J connectivity index is 1.10. The molecule has 0 aliphatic carbocycles. The molecule has 8 rings (SSSR count). The second-order valence-electron chi connectivity index (χ2n) is 14.7. The van der Waals surface area contributed by atoms with Crippen LogP contribution in [-0.2, 0) is 30.3 Å². The van der Waals surface area contributed by atoms with Crippen LogP contribution < -0.4 is 19.6 Å². The molecule has 0 spiro atoms. The van der Waals surface area contributed by atoms with Gasteiger partial charge in [-0.05, 0) is 73.2 Å². The first-order chi connectivity index (χ1) is 31.1. The Morgan fingerprint density at radius 3 is 1.64 bits per heavy atom. The minimum atomic E-state index is -1.48. The van der Waals surface area contributed by atoms with Crippen LogP contribution in [-0.4, -0.2) is 54.6 Å². The lowest BCUT2D eigenvalue weighted by Gasteiger charge is -2.43. The fourth-order valence-electron chi connectivity index (χ4n) is 7.05. The minimum absolute atomic E-state index is 0.00818. The molecule has 7 aromatic rings. The summed E-state index contributed by atoms with van der Waals surface area (Å²) in [7, 11) is 0. The third-order valence-corrected chi connectivity index (χ3v) is 10.1. The Bertz CT molecular complexity index is 2810. The number of carbonyl (C=O) groups is 4. The molecule has 0 bridgehead atoms. The number of esters is 4. The smallest absolute Gasteiger partial charge is 0.338 e. The van der Waals surface area contributed by atoms with E-state index in [1.807, 2.05) is 30.3 Å². The second-order valence-corrected chi connectivity index (χ2v) is 14.7. The Morgan fingerprint density at radius 1 is 0.578 bits per heavy atom. The first kappa shape index (κ1) is 42.7. The third-order valence-electron chi connectivity index (χ3n) is 10.1. The van der Waals surface area contributed by atoms with Crippen molar-refractivity contribution in [3.05, 3.63) is 196 Å². The molecule has 13 nitrogen and oxygen atoms in total. The Hall–Kier alpha value is -8.03. The van der Waals surface area contributed by atoms with Crippen LogP contribution >= 0.6 is 0 Å². The van der Waals surface area contributed by atoms with Gasteiger partial charge in [-0.3, -0.25) is 9.59 Å². The molecule has 1 aliphatic rings. The standard InChI is InChI=1S/C51H40O13/c1-31-45(62-48(54)35-17-9-4-10-18-35)46(63-49(55)36-19-11-5-12-20-36)47(64-50(56)37-21-13-6-14-22-37)51(58-31)60-38-25-23-34(24-26-38)41-29-40(53)44-42(59-32(2)52)27-39(28-43(44)61-41)57-30-33-15-7-3-8-16-33/h3-29,31,45-47,51H,30H2,1-2H3/t31-,45-,46+,47+,51-/m1/s1. The van der Waals surface area contributed by atoms with Crippen LogP contribution in [0.25, 0.3) is 22.3 Å². The molecule has 1 fully saturated rings. The summed E-state index contributed by atoms with van der Waals surface area (Å²) in [6, 6.07) is 44.8. The van der Waals surface area contributed by atoms with Crippen molar-refractivity contribution in [2.24, 2.45) is 0 Å². The molecular formula is C51H40O13. The van der Waals surface area contributed by atoms with Gasteiger partial charge in [0.05, 0.1) is 22.8 Å². The number of benzene rings is 6. The molecule has 0 amide bonds.